The van der Waals surface area contributed by atoms with Crippen LogP contribution in [0.3, 0.4) is 0 Å². The monoisotopic (exact) mass is 302 g/mol. The Kier molecular flexibility index (Phi) is 3.57. The minimum atomic E-state index is -0.321. The fourth-order valence-electron chi connectivity index (χ4n) is 1.79. The lowest BCUT2D eigenvalue weighted by molar-refractivity contribution is 0.0950. The second-order valence-corrected chi connectivity index (χ2v) is 5.74. The highest BCUT2D eigenvalue weighted by Crippen LogP contribution is 2.20. The Morgan fingerprint density at radius 3 is 2.48 bits per heavy atom. The number of amides is 2. The topological polar surface area (TPSA) is 97.1 Å². The van der Waals surface area contributed by atoms with Crippen molar-refractivity contribution >= 4 is 34.0 Å². The molecular formula is C14H14N4O2S. The molecule has 0 unspecified atom stereocenters. The largest absolute Gasteiger partial charge is 0.375 e. The number of nitrogens with two attached hydrogens (primary N) is 1. The zero-order valence-electron chi connectivity index (χ0n) is 11.1. The Bertz CT molecular complexity index is 677. The van der Waals surface area contributed by atoms with Gasteiger partial charge in [0.05, 0.1) is 0 Å². The molecule has 108 valence electrons. The van der Waals surface area contributed by atoms with E-state index in [4.69, 9.17) is 5.73 Å². The van der Waals surface area contributed by atoms with Crippen molar-refractivity contribution in [2.75, 3.05) is 11.1 Å². The molecule has 1 aromatic carbocycles. The molecule has 3 rings (SSSR count). The number of hydrogen-bond acceptors (Lipinski definition) is 5. The SMILES string of the molecule is Nc1nc(C(=O)Nc2ccc(C(=O)NC3CC3)cc2)cs1. The molecule has 0 radical (unpaired) electrons. The Balaban J connectivity index is 1.63. The number of thiazole rings is 1. The Morgan fingerprint density at radius 1 is 1.19 bits per heavy atom. The van der Waals surface area contributed by atoms with Gasteiger partial charge in [0.15, 0.2) is 5.13 Å². The number of nitrogens with zero attached hydrogens (tertiary/aromatic N) is 1. The fraction of sp³-hybridized carbons (Fsp3) is 0.214. The first-order valence-electron chi connectivity index (χ1n) is 6.55. The van der Waals surface area contributed by atoms with E-state index in [1.54, 1.807) is 29.6 Å². The van der Waals surface area contributed by atoms with Crippen LogP contribution in [0.15, 0.2) is 29.6 Å². The number of anilines is 2. The summed E-state index contributed by atoms with van der Waals surface area (Å²) in [6, 6.07) is 7.07. The number of benzene rings is 1. The van der Waals surface area contributed by atoms with Gasteiger partial charge in [-0.1, -0.05) is 0 Å². The van der Waals surface area contributed by atoms with E-state index in [9.17, 15) is 9.59 Å². The molecule has 1 saturated carbocycles. The minimum Gasteiger partial charge on any atom is -0.375 e. The summed E-state index contributed by atoms with van der Waals surface area (Å²) < 4.78 is 0. The highest BCUT2D eigenvalue weighted by atomic mass is 32.1. The van der Waals surface area contributed by atoms with Crippen LogP contribution in [0.5, 0.6) is 0 Å². The summed E-state index contributed by atoms with van der Waals surface area (Å²) >= 11 is 1.21. The number of hydrogen-bond donors (Lipinski definition) is 3. The molecule has 2 aromatic rings. The number of nitrogens with one attached hydrogen (secondary N) is 2. The number of nitrogen functional groups attached to an aromatic ring is 1. The van der Waals surface area contributed by atoms with Crippen molar-refractivity contribution in [3.8, 4) is 0 Å². The Morgan fingerprint density at radius 2 is 1.90 bits per heavy atom. The van der Waals surface area contributed by atoms with Crippen LogP contribution in [0.25, 0.3) is 0 Å². The van der Waals surface area contributed by atoms with E-state index < -0.39 is 0 Å². The van der Waals surface area contributed by atoms with Gasteiger partial charge in [0.2, 0.25) is 0 Å². The van der Waals surface area contributed by atoms with E-state index in [1.165, 1.54) is 11.3 Å². The molecule has 1 fully saturated rings. The summed E-state index contributed by atoms with van der Waals surface area (Å²) in [6.07, 6.45) is 2.10. The van der Waals surface area contributed by atoms with Crippen LogP contribution in [0.2, 0.25) is 0 Å². The van der Waals surface area contributed by atoms with Crippen molar-refractivity contribution in [1.29, 1.82) is 0 Å². The van der Waals surface area contributed by atoms with Crippen molar-refractivity contribution in [1.82, 2.24) is 10.3 Å². The fourth-order valence-corrected chi connectivity index (χ4v) is 2.33. The molecule has 1 heterocycles. The van der Waals surface area contributed by atoms with Crippen LogP contribution in [-0.4, -0.2) is 22.8 Å². The number of carbonyl (C=O) groups excluding carboxylic acids is 2. The molecule has 0 spiro atoms. The van der Waals surface area contributed by atoms with Gasteiger partial charge in [-0.25, -0.2) is 4.98 Å². The van der Waals surface area contributed by atoms with Gasteiger partial charge in [-0.3, -0.25) is 9.59 Å². The molecule has 0 saturated heterocycles. The third kappa shape index (κ3) is 3.38. The molecule has 21 heavy (non-hydrogen) atoms. The van der Waals surface area contributed by atoms with E-state index >= 15 is 0 Å². The lowest BCUT2D eigenvalue weighted by Crippen LogP contribution is -2.25. The normalized spacial score (nSPS) is 13.7. The van der Waals surface area contributed by atoms with E-state index in [2.05, 4.69) is 15.6 Å². The van der Waals surface area contributed by atoms with Crippen molar-refractivity contribution in [3.63, 3.8) is 0 Å². The molecule has 7 heteroatoms. The van der Waals surface area contributed by atoms with Crippen LogP contribution in [0.1, 0.15) is 33.7 Å². The Hall–Kier alpha value is -2.41. The maximum atomic E-state index is 11.9. The van der Waals surface area contributed by atoms with Crippen LogP contribution >= 0.6 is 11.3 Å². The van der Waals surface area contributed by atoms with Gasteiger partial charge in [-0.05, 0) is 37.1 Å². The molecule has 1 aliphatic carbocycles. The predicted octanol–water partition coefficient (Wildman–Crippen LogP) is 1.87. The van der Waals surface area contributed by atoms with E-state index in [0.717, 1.165) is 12.8 Å². The maximum Gasteiger partial charge on any atom is 0.275 e. The molecule has 0 aliphatic heterocycles. The standard InChI is InChI=1S/C14H14N4O2S/c15-14-18-11(7-21-14)13(20)17-9-3-1-8(2-4-9)12(19)16-10-5-6-10/h1-4,7,10H,5-6H2,(H2,15,18)(H,16,19)(H,17,20). The number of aromatic nitrogens is 1. The molecular weight excluding hydrogens is 288 g/mol. The smallest absolute Gasteiger partial charge is 0.275 e. The molecule has 0 atom stereocenters. The van der Waals surface area contributed by atoms with Gasteiger partial charge in [-0.15, -0.1) is 11.3 Å². The van der Waals surface area contributed by atoms with Crippen molar-refractivity contribution in [3.05, 3.63) is 40.9 Å². The first kappa shape index (κ1) is 13.6. The van der Waals surface area contributed by atoms with Crippen molar-refractivity contribution in [2.45, 2.75) is 18.9 Å². The van der Waals surface area contributed by atoms with Crippen molar-refractivity contribution in [2.24, 2.45) is 0 Å². The highest BCUT2D eigenvalue weighted by Gasteiger charge is 2.23. The summed E-state index contributed by atoms with van der Waals surface area (Å²) in [7, 11) is 0. The summed E-state index contributed by atoms with van der Waals surface area (Å²) in [4.78, 5) is 27.6. The van der Waals surface area contributed by atoms with Gasteiger partial charge in [-0.2, -0.15) is 0 Å². The van der Waals surface area contributed by atoms with Crippen molar-refractivity contribution < 1.29 is 9.59 Å². The van der Waals surface area contributed by atoms with Gasteiger partial charge in [0.1, 0.15) is 5.69 Å². The van der Waals surface area contributed by atoms with Gasteiger partial charge in [0.25, 0.3) is 11.8 Å². The number of carbonyl (C=O) groups is 2. The molecule has 2 amide bonds. The zero-order chi connectivity index (χ0) is 14.8. The highest BCUT2D eigenvalue weighted by molar-refractivity contribution is 7.13. The summed E-state index contributed by atoms with van der Waals surface area (Å²) in [6.45, 7) is 0. The Labute approximate surface area is 125 Å². The quantitative estimate of drug-likeness (QED) is 0.803. The minimum absolute atomic E-state index is 0.0809. The van der Waals surface area contributed by atoms with Gasteiger partial charge >= 0.3 is 0 Å². The molecule has 1 aliphatic rings. The second kappa shape index (κ2) is 5.53. The first-order chi connectivity index (χ1) is 10.1. The van der Waals surface area contributed by atoms with Gasteiger partial charge < -0.3 is 16.4 Å². The summed E-state index contributed by atoms with van der Waals surface area (Å²) in [5.74, 6) is -0.402. The summed E-state index contributed by atoms with van der Waals surface area (Å²) in [5, 5.41) is 7.57. The third-order valence-electron chi connectivity index (χ3n) is 3.07. The van der Waals surface area contributed by atoms with Crippen LogP contribution in [0, 0.1) is 0 Å². The number of rotatable bonds is 4. The molecule has 4 N–H and O–H groups in total. The molecule has 6 nitrogen and oxygen atoms in total. The second-order valence-electron chi connectivity index (χ2n) is 4.85. The average molecular weight is 302 g/mol. The van der Waals surface area contributed by atoms with E-state index in [1.807, 2.05) is 0 Å². The van der Waals surface area contributed by atoms with E-state index in [0.29, 0.717) is 22.4 Å². The zero-order valence-corrected chi connectivity index (χ0v) is 11.9. The molecule has 1 aromatic heterocycles. The third-order valence-corrected chi connectivity index (χ3v) is 3.75. The molecule has 0 bridgehead atoms. The predicted molar refractivity (Wildman–Crippen MR) is 81.4 cm³/mol. The first-order valence-corrected chi connectivity index (χ1v) is 7.43. The van der Waals surface area contributed by atoms with Crippen LogP contribution in [-0.2, 0) is 0 Å². The van der Waals surface area contributed by atoms with Crippen LogP contribution in [0.4, 0.5) is 10.8 Å². The maximum absolute atomic E-state index is 11.9. The van der Waals surface area contributed by atoms with Gasteiger partial charge in [0, 0.05) is 22.7 Å². The van der Waals surface area contributed by atoms with E-state index in [-0.39, 0.29) is 17.5 Å². The lowest BCUT2D eigenvalue weighted by Gasteiger charge is -2.06. The lowest BCUT2D eigenvalue weighted by atomic mass is 10.2. The average Bonchev–Trinajstić information content (AvgIpc) is 3.17. The van der Waals surface area contributed by atoms with Crippen LogP contribution < -0.4 is 16.4 Å². The summed E-state index contributed by atoms with van der Waals surface area (Å²) in [5.41, 5.74) is 6.96.